The predicted molar refractivity (Wildman–Crippen MR) is 79.9 cm³/mol. The van der Waals surface area contributed by atoms with Gasteiger partial charge in [-0.25, -0.2) is 13.6 Å². The minimum Gasteiger partial charge on any atom is -0.398 e. The van der Waals surface area contributed by atoms with Gasteiger partial charge < -0.3 is 10.6 Å². The van der Waals surface area contributed by atoms with Gasteiger partial charge in [0, 0.05) is 18.3 Å². The third kappa shape index (κ3) is 2.38. The first-order chi connectivity index (χ1) is 9.47. The number of hydrogen-bond donors (Lipinski definition) is 2. The van der Waals surface area contributed by atoms with Gasteiger partial charge in [0.05, 0.1) is 5.69 Å². The molecule has 1 aliphatic heterocycles. The molecule has 2 unspecified atom stereocenters. The summed E-state index contributed by atoms with van der Waals surface area (Å²) in [5, 5.41) is 5.15. The molecule has 2 aliphatic rings. The minimum atomic E-state index is -3.74. The fourth-order valence-electron chi connectivity index (χ4n) is 3.70. The summed E-state index contributed by atoms with van der Waals surface area (Å²) < 4.78 is 22.8. The Balaban J connectivity index is 1.90. The van der Waals surface area contributed by atoms with Gasteiger partial charge in [-0.15, -0.1) is 0 Å². The Kier molecular flexibility index (Phi) is 3.38. The van der Waals surface area contributed by atoms with Crippen LogP contribution in [-0.4, -0.2) is 21.0 Å². The number of hydrogen-bond acceptors (Lipinski definition) is 4. The summed E-state index contributed by atoms with van der Waals surface area (Å²) in [5.74, 6) is 0.780. The van der Waals surface area contributed by atoms with Crippen molar-refractivity contribution in [3.05, 3.63) is 18.2 Å². The van der Waals surface area contributed by atoms with Crippen LogP contribution in [0.5, 0.6) is 0 Å². The third-order valence-corrected chi connectivity index (χ3v) is 5.63. The van der Waals surface area contributed by atoms with E-state index in [2.05, 4.69) is 4.90 Å². The molecule has 3 rings (SSSR count). The van der Waals surface area contributed by atoms with E-state index >= 15 is 0 Å². The molecule has 1 aliphatic carbocycles. The number of benzene rings is 1. The van der Waals surface area contributed by atoms with Crippen LogP contribution >= 0.6 is 0 Å². The lowest BCUT2D eigenvalue weighted by atomic mass is 9.85. The molecule has 1 saturated carbocycles. The van der Waals surface area contributed by atoms with E-state index in [-0.39, 0.29) is 10.6 Å². The van der Waals surface area contributed by atoms with Crippen molar-refractivity contribution in [1.82, 2.24) is 0 Å². The highest BCUT2D eigenvalue weighted by Gasteiger charge is 2.35. The minimum absolute atomic E-state index is 0.0145. The topological polar surface area (TPSA) is 89.4 Å². The van der Waals surface area contributed by atoms with Gasteiger partial charge in [-0.1, -0.05) is 12.8 Å². The average molecular weight is 295 g/mol. The zero-order valence-electron chi connectivity index (χ0n) is 11.5. The highest BCUT2D eigenvalue weighted by molar-refractivity contribution is 7.89. The van der Waals surface area contributed by atoms with Crippen LogP contribution in [0.25, 0.3) is 0 Å². The van der Waals surface area contributed by atoms with Crippen molar-refractivity contribution in [3.63, 3.8) is 0 Å². The maximum Gasteiger partial charge on any atom is 0.240 e. The smallest absolute Gasteiger partial charge is 0.240 e. The Hall–Kier alpha value is -1.27. The van der Waals surface area contributed by atoms with Gasteiger partial charge in [0.2, 0.25) is 10.0 Å². The van der Waals surface area contributed by atoms with Crippen LogP contribution in [-0.2, 0) is 10.0 Å². The Labute approximate surface area is 120 Å². The lowest BCUT2D eigenvalue weighted by Crippen LogP contribution is -2.34. The molecule has 20 heavy (non-hydrogen) atoms. The van der Waals surface area contributed by atoms with E-state index in [1.807, 2.05) is 6.07 Å². The standard InChI is InChI=1S/C14H21N3O2S/c15-12-9-11(5-6-14(12)20(16,18)19)17-8-7-10-3-1-2-4-13(10)17/h5-6,9-10,13H,1-4,7-8,15H2,(H2,16,18,19). The number of primary sulfonamides is 1. The third-order valence-electron chi connectivity index (χ3n) is 4.64. The highest BCUT2D eigenvalue weighted by Crippen LogP contribution is 2.39. The normalized spacial score (nSPS) is 26.6. The Morgan fingerprint density at radius 3 is 2.60 bits per heavy atom. The van der Waals surface area contributed by atoms with Crippen LogP contribution in [0.2, 0.25) is 0 Å². The molecule has 0 amide bonds. The number of anilines is 2. The summed E-state index contributed by atoms with van der Waals surface area (Å²) in [5.41, 5.74) is 7.12. The van der Waals surface area contributed by atoms with Crippen LogP contribution in [0.1, 0.15) is 32.1 Å². The second-order valence-corrected chi connectivity index (χ2v) is 7.39. The molecule has 1 saturated heterocycles. The fraction of sp³-hybridized carbons (Fsp3) is 0.571. The summed E-state index contributed by atoms with van der Waals surface area (Å²) in [6.07, 6.45) is 6.37. The first kappa shape index (κ1) is 13.7. The zero-order valence-corrected chi connectivity index (χ0v) is 12.3. The molecule has 6 heteroatoms. The quantitative estimate of drug-likeness (QED) is 0.812. The van der Waals surface area contributed by atoms with Crippen molar-refractivity contribution < 1.29 is 8.42 Å². The highest BCUT2D eigenvalue weighted by atomic mass is 32.2. The summed E-state index contributed by atoms with van der Waals surface area (Å²) in [4.78, 5) is 2.40. The molecule has 4 N–H and O–H groups in total. The molecule has 0 aromatic heterocycles. The second kappa shape index (κ2) is 4.93. The molecule has 5 nitrogen and oxygen atoms in total. The van der Waals surface area contributed by atoms with Crippen molar-refractivity contribution in [2.45, 2.75) is 43.0 Å². The van der Waals surface area contributed by atoms with Crippen molar-refractivity contribution in [1.29, 1.82) is 0 Å². The van der Waals surface area contributed by atoms with E-state index in [0.717, 1.165) is 18.2 Å². The van der Waals surface area contributed by atoms with Gasteiger partial charge in [-0.05, 0) is 43.4 Å². The Morgan fingerprint density at radius 2 is 1.90 bits per heavy atom. The molecule has 1 aromatic rings. The van der Waals surface area contributed by atoms with Crippen LogP contribution in [0.3, 0.4) is 0 Å². The molecular formula is C14H21N3O2S. The van der Waals surface area contributed by atoms with Crippen molar-refractivity contribution in [2.75, 3.05) is 17.2 Å². The van der Waals surface area contributed by atoms with Crippen molar-refractivity contribution in [3.8, 4) is 0 Å². The van der Waals surface area contributed by atoms with Crippen molar-refractivity contribution in [2.24, 2.45) is 11.1 Å². The van der Waals surface area contributed by atoms with Gasteiger partial charge in [0.1, 0.15) is 4.90 Å². The van der Waals surface area contributed by atoms with E-state index in [4.69, 9.17) is 10.9 Å². The zero-order chi connectivity index (χ0) is 14.3. The Bertz CT molecular complexity index is 615. The van der Waals surface area contributed by atoms with Crippen LogP contribution in [0.4, 0.5) is 11.4 Å². The van der Waals surface area contributed by atoms with E-state index in [9.17, 15) is 8.42 Å². The Morgan fingerprint density at radius 1 is 1.15 bits per heavy atom. The molecule has 0 spiro atoms. The monoisotopic (exact) mass is 295 g/mol. The maximum atomic E-state index is 11.4. The first-order valence-corrected chi connectivity index (χ1v) is 8.70. The second-order valence-electron chi connectivity index (χ2n) is 5.86. The molecule has 2 fully saturated rings. The molecule has 0 radical (unpaired) electrons. The van der Waals surface area contributed by atoms with E-state index in [1.54, 1.807) is 6.07 Å². The molecule has 1 heterocycles. The largest absolute Gasteiger partial charge is 0.398 e. The number of rotatable bonds is 2. The number of fused-ring (bicyclic) bond motifs is 1. The van der Waals surface area contributed by atoms with Crippen molar-refractivity contribution >= 4 is 21.4 Å². The predicted octanol–water partition coefficient (Wildman–Crippen LogP) is 1.69. The van der Waals surface area contributed by atoms with Gasteiger partial charge >= 0.3 is 0 Å². The van der Waals surface area contributed by atoms with E-state index in [1.165, 1.54) is 38.2 Å². The lowest BCUT2D eigenvalue weighted by Gasteiger charge is -2.33. The lowest BCUT2D eigenvalue weighted by molar-refractivity contribution is 0.342. The van der Waals surface area contributed by atoms with Gasteiger partial charge in [-0.2, -0.15) is 0 Å². The first-order valence-electron chi connectivity index (χ1n) is 7.16. The van der Waals surface area contributed by atoms with E-state index in [0.29, 0.717) is 6.04 Å². The molecular weight excluding hydrogens is 274 g/mol. The molecule has 110 valence electrons. The van der Waals surface area contributed by atoms with Gasteiger partial charge in [0.15, 0.2) is 0 Å². The maximum absolute atomic E-state index is 11.4. The van der Waals surface area contributed by atoms with Gasteiger partial charge in [0.25, 0.3) is 0 Å². The number of nitrogen functional groups attached to an aromatic ring is 1. The van der Waals surface area contributed by atoms with Crippen LogP contribution in [0.15, 0.2) is 23.1 Å². The fourth-order valence-corrected chi connectivity index (χ4v) is 4.35. The van der Waals surface area contributed by atoms with E-state index < -0.39 is 10.0 Å². The van der Waals surface area contributed by atoms with Gasteiger partial charge in [-0.3, -0.25) is 0 Å². The molecule has 2 atom stereocenters. The van der Waals surface area contributed by atoms with Crippen LogP contribution < -0.4 is 15.8 Å². The molecule has 0 bridgehead atoms. The summed E-state index contributed by atoms with van der Waals surface area (Å²) >= 11 is 0. The molecule has 1 aromatic carbocycles. The summed E-state index contributed by atoms with van der Waals surface area (Å²) in [7, 11) is -3.74. The number of sulfonamides is 1. The summed E-state index contributed by atoms with van der Waals surface area (Å²) in [6, 6.07) is 5.68. The SMILES string of the molecule is Nc1cc(N2CCC3CCCCC32)ccc1S(N)(=O)=O. The van der Waals surface area contributed by atoms with Crippen LogP contribution in [0, 0.1) is 5.92 Å². The number of nitrogens with two attached hydrogens (primary N) is 2. The summed E-state index contributed by atoms with van der Waals surface area (Å²) in [6.45, 7) is 1.03. The number of nitrogens with zero attached hydrogens (tertiary/aromatic N) is 1. The average Bonchev–Trinajstić information content (AvgIpc) is 2.80.